The molecule has 10 heteroatoms. The van der Waals surface area contributed by atoms with E-state index in [1.165, 1.54) is 13.0 Å². The molecule has 0 aromatic rings. The average Bonchev–Trinajstić information content (AvgIpc) is 3.19. The summed E-state index contributed by atoms with van der Waals surface area (Å²) >= 11 is 0. The number of carbonyl (C=O) groups excluding carboxylic acids is 2. The molecular weight excluding hydrogens is 456 g/mol. The Morgan fingerprint density at radius 3 is 2.46 bits per heavy atom. The number of rotatable bonds is 1. The quantitative estimate of drug-likeness (QED) is 0.341. The minimum atomic E-state index is -2.43. The molecule has 1 unspecified atom stereocenters. The van der Waals surface area contributed by atoms with Crippen LogP contribution in [0.1, 0.15) is 60.3 Å². The number of ether oxygens (including phenoxy) is 3. The normalized spacial score (nSPS) is 53.1. The van der Waals surface area contributed by atoms with Crippen LogP contribution in [0.2, 0.25) is 0 Å². The zero-order valence-electron chi connectivity index (χ0n) is 20.9. The minimum absolute atomic E-state index is 0.0518. The van der Waals surface area contributed by atoms with Crippen molar-refractivity contribution in [1.29, 1.82) is 0 Å². The zero-order valence-corrected chi connectivity index (χ0v) is 20.9. The molecule has 0 aromatic carbocycles. The topological polar surface area (TPSA) is 147 Å². The van der Waals surface area contributed by atoms with Gasteiger partial charge in [0.15, 0.2) is 11.4 Å². The van der Waals surface area contributed by atoms with Crippen LogP contribution in [0.4, 0.5) is 4.79 Å². The first-order valence-corrected chi connectivity index (χ1v) is 12.2. The highest BCUT2D eigenvalue weighted by molar-refractivity contribution is 5.92. The molecule has 0 aromatic heterocycles. The number of ketones is 1. The summed E-state index contributed by atoms with van der Waals surface area (Å²) in [6.45, 7) is 12.8. The van der Waals surface area contributed by atoms with Gasteiger partial charge in [0.1, 0.15) is 11.8 Å². The van der Waals surface area contributed by atoms with Crippen LogP contribution in [0, 0.1) is 16.7 Å². The Bertz CT molecular complexity index is 1040. The molecule has 0 radical (unpaired) electrons. The van der Waals surface area contributed by atoms with E-state index in [4.69, 9.17) is 14.2 Å². The predicted octanol–water partition coefficient (Wildman–Crippen LogP) is 1.20. The predicted molar refractivity (Wildman–Crippen MR) is 122 cm³/mol. The number of nitrogens with one attached hydrogen (secondary N) is 2. The van der Waals surface area contributed by atoms with Crippen molar-refractivity contribution in [2.24, 2.45) is 16.7 Å². The Labute approximate surface area is 204 Å². The standard InChI is InChI=1S/C25H36N2O8/c1-7-21(4)12-16(29)24(31)22(5,35-21)11-15(28)17-20(2,3)10-14-13-8-9-33-18(13)26-27-19(30)34-25(14,32)23(17,24)6/h7,15,17-18,26,28,31-32H,1,8-12H2,2-6H3,(H,27,30)/b14-13-/t15-,17+,18?,21+,22-,23+,24-,25-/m1/s1. The third-order valence-corrected chi connectivity index (χ3v) is 9.42. The number of fused-ring (bicyclic) bond motifs is 6. The van der Waals surface area contributed by atoms with E-state index in [0.29, 0.717) is 24.2 Å². The van der Waals surface area contributed by atoms with Crippen molar-refractivity contribution in [2.75, 3.05) is 6.61 Å². The van der Waals surface area contributed by atoms with Gasteiger partial charge in [-0.25, -0.2) is 4.79 Å². The Balaban J connectivity index is 1.83. The monoisotopic (exact) mass is 492 g/mol. The van der Waals surface area contributed by atoms with Gasteiger partial charge in [-0.2, -0.15) is 5.43 Å². The number of aliphatic hydroxyl groups excluding tert-OH is 1. The maximum Gasteiger partial charge on any atom is 0.424 e. The molecule has 5 rings (SSSR count). The fourth-order valence-corrected chi connectivity index (χ4v) is 8.13. The van der Waals surface area contributed by atoms with Crippen LogP contribution in [0.5, 0.6) is 0 Å². The molecule has 3 heterocycles. The summed E-state index contributed by atoms with van der Waals surface area (Å²) in [5.41, 5.74) is -1.37. The number of hydrazine groups is 1. The maximum absolute atomic E-state index is 14.0. The van der Waals surface area contributed by atoms with Crippen LogP contribution >= 0.6 is 0 Å². The van der Waals surface area contributed by atoms with Gasteiger partial charge in [0.2, 0.25) is 5.79 Å². The van der Waals surface area contributed by atoms with Crippen molar-refractivity contribution in [3.8, 4) is 0 Å². The van der Waals surface area contributed by atoms with E-state index in [1.54, 1.807) is 13.8 Å². The lowest BCUT2D eigenvalue weighted by Gasteiger charge is -2.72. The first-order chi connectivity index (χ1) is 16.1. The van der Waals surface area contributed by atoms with E-state index in [1.807, 2.05) is 13.8 Å². The minimum Gasteiger partial charge on any atom is -0.411 e. The number of carbonyl (C=O) groups is 2. The second-order valence-electron chi connectivity index (χ2n) is 12.1. The number of Topliss-reactive ketones (excluding diaryl/α,β-unsaturated/α-hetero) is 1. The van der Waals surface area contributed by atoms with Gasteiger partial charge < -0.3 is 29.5 Å². The molecule has 194 valence electrons. The highest BCUT2D eigenvalue weighted by atomic mass is 16.7. The van der Waals surface area contributed by atoms with Crippen molar-refractivity contribution in [3.63, 3.8) is 0 Å². The van der Waals surface area contributed by atoms with Crippen LogP contribution < -0.4 is 10.9 Å². The summed E-state index contributed by atoms with van der Waals surface area (Å²) in [5, 5.41) is 36.7. The molecule has 2 saturated carbocycles. The molecule has 10 nitrogen and oxygen atoms in total. The third kappa shape index (κ3) is 2.86. The van der Waals surface area contributed by atoms with Crippen molar-refractivity contribution >= 4 is 11.9 Å². The van der Waals surface area contributed by atoms with Crippen LogP contribution in [0.15, 0.2) is 23.8 Å². The Morgan fingerprint density at radius 2 is 1.80 bits per heavy atom. The highest BCUT2D eigenvalue weighted by Crippen LogP contribution is 2.71. The number of hydrogen-bond acceptors (Lipinski definition) is 9. The van der Waals surface area contributed by atoms with Crippen molar-refractivity contribution in [3.05, 3.63) is 23.8 Å². The molecule has 4 fully saturated rings. The molecule has 1 amide bonds. The summed E-state index contributed by atoms with van der Waals surface area (Å²) < 4.78 is 17.8. The molecule has 0 spiro atoms. The summed E-state index contributed by atoms with van der Waals surface area (Å²) in [7, 11) is 0. The molecule has 35 heavy (non-hydrogen) atoms. The first-order valence-electron chi connectivity index (χ1n) is 12.2. The number of amides is 1. The molecule has 2 aliphatic carbocycles. The Morgan fingerprint density at radius 1 is 1.11 bits per heavy atom. The zero-order chi connectivity index (χ0) is 25.8. The molecule has 8 atom stereocenters. The summed E-state index contributed by atoms with van der Waals surface area (Å²) in [5.74, 6) is -3.82. The smallest absolute Gasteiger partial charge is 0.411 e. The molecule has 0 bridgehead atoms. The van der Waals surface area contributed by atoms with Crippen molar-refractivity contribution < 1.29 is 39.1 Å². The summed E-state index contributed by atoms with van der Waals surface area (Å²) in [6, 6.07) is 0. The van der Waals surface area contributed by atoms with Crippen molar-refractivity contribution in [2.45, 2.75) is 95.2 Å². The van der Waals surface area contributed by atoms with Gasteiger partial charge in [0.25, 0.3) is 0 Å². The van der Waals surface area contributed by atoms with Crippen LogP contribution in [-0.2, 0) is 19.0 Å². The first kappa shape index (κ1) is 24.9. The molecular formula is C25H36N2O8. The average molecular weight is 493 g/mol. The summed E-state index contributed by atoms with van der Waals surface area (Å²) in [6.07, 6.45) is -0.786. The van der Waals surface area contributed by atoms with Gasteiger partial charge in [-0.05, 0) is 44.6 Å². The molecule has 5 aliphatic rings. The largest absolute Gasteiger partial charge is 0.424 e. The highest BCUT2D eigenvalue weighted by Gasteiger charge is 2.83. The van der Waals surface area contributed by atoms with E-state index in [2.05, 4.69) is 17.4 Å². The summed E-state index contributed by atoms with van der Waals surface area (Å²) in [4.78, 5) is 26.8. The van der Waals surface area contributed by atoms with Crippen LogP contribution in [0.3, 0.4) is 0 Å². The molecule has 5 N–H and O–H groups in total. The fraction of sp³-hybridized carbons (Fsp3) is 0.760. The third-order valence-electron chi connectivity index (χ3n) is 9.42. The van der Waals surface area contributed by atoms with Gasteiger partial charge >= 0.3 is 6.09 Å². The SMILES string of the molecule is C=C[C@@]1(C)CC(=O)[C@]2(O)[C@]3(C)[C@@H]([C@H](O)C[C@@]2(C)O1)C(C)(C)C/C1=C2\CCOC2NNC(=O)O[C@]13O. The van der Waals surface area contributed by atoms with Gasteiger partial charge in [-0.15, -0.1) is 6.58 Å². The number of hydrogen-bond donors (Lipinski definition) is 5. The van der Waals surface area contributed by atoms with Crippen molar-refractivity contribution in [1.82, 2.24) is 10.9 Å². The van der Waals surface area contributed by atoms with Crippen LogP contribution in [0.25, 0.3) is 0 Å². The lowest BCUT2D eigenvalue weighted by atomic mass is 9.38. The van der Waals surface area contributed by atoms with E-state index >= 15 is 0 Å². The van der Waals surface area contributed by atoms with Gasteiger partial charge in [0, 0.05) is 24.3 Å². The van der Waals surface area contributed by atoms with E-state index < -0.39 is 63.5 Å². The fourth-order valence-electron chi connectivity index (χ4n) is 8.13. The van der Waals surface area contributed by atoms with Gasteiger partial charge in [0.05, 0.1) is 23.7 Å². The van der Waals surface area contributed by atoms with Gasteiger partial charge in [-0.1, -0.05) is 19.9 Å². The second-order valence-corrected chi connectivity index (χ2v) is 12.1. The van der Waals surface area contributed by atoms with Gasteiger partial charge in [-0.3, -0.25) is 10.2 Å². The maximum atomic E-state index is 14.0. The van der Waals surface area contributed by atoms with E-state index in [0.717, 1.165) is 0 Å². The van der Waals surface area contributed by atoms with Crippen LogP contribution in [-0.4, -0.2) is 68.7 Å². The lowest BCUT2D eigenvalue weighted by Crippen LogP contribution is -2.85. The lowest BCUT2D eigenvalue weighted by molar-refractivity contribution is -0.384. The number of aliphatic hydroxyl groups is 3. The van der Waals surface area contributed by atoms with E-state index in [-0.39, 0.29) is 19.3 Å². The molecule has 2 saturated heterocycles. The molecule has 3 aliphatic heterocycles. The van der Waals surface area contributed by atoms with E-state index in [9.17, 15) is 24.9 Å². The Kier molecular flexibility index (Phi) is 5.07. The Hall–Kier alpha value is -1.82. The second kappa shape index (κ2) is 7.14.